The van der Waals surface area contributed by atoms with E-state index in [-0.39, 0.29) is 112 Å². The number of carbonyl (C=O) groups excluding carboxylic acids is 1. The largest absolute Gasteiger partial charge is 0.457 e. The minimum atomic E-state index is -5.95. The summed E-state index contributed by atoms with van der Waals surface area (Å²) in [7, 11) is 0. The highest BCUT2D eigenvalue weighted by molar-refractivity contribution is 6.09. The van der Waals surface area contributed by atoms with Gasteiger partial charge in [-0.25, -0.2) is 0 Å². The van der Waals surface area contributed by atoms with Crippen LogP contribution >= 0.6 is 0 Å². The Balaban J connectivity index is 0.796. The Morgan fingerprint density at radius 3 is 0.460 bits per heavy atom. The molecule has 0 unspecified atom stereocenters. The highest BCUT2D eigenvalue weighted by atomic mass is 19.4. The van der Waals surface area contributed by atoms with Crippen molar-refractivity contribution < 1.29 is 112 Å². The Hall–Kier alpha value is -13.7. The maximum absolute atomic E-state index is 15.6. The topological polar surface area (TPSA) is 72.5 Å². The second-order valence-corrected chi connectivity index (χ2v) is 30.1. The summed E-state index contributed by atoms with van der Waals surface area (Å²) < 4.78 is 316. The van der Waals surface area contributed by atoms with Gasteiger partial charge in [-0.3, -0.25) is 4.79 Å². The van der Waals surface area contributed by atoms with E-state index in [1.54, 1.807) is 115 Å². The number of ketones is 1. The lowest BCUT2D eigenvalue weighted by Crippen LogP contribution is -2.54. The maximum Gasteiger partial charge on any atom is 0.411 e. The van der Waals surface area contributed by atoms with Crippen molar-refractivity contribution in [3.05, 3.63) is 428 Å². The molecule has 39 aliphatic heterocycles. The van der Waals surface area contributed by atoms with Crippen LogP contribution in [0.25, 0.3) is 0 Å². The minimum absolute atomic E-state index is 0.0230. The molecule has 0 aromatic heterocycles. The van der Waals surface area contributed by atoms with Crippen molar-refractivity contribution in [1.29, 1.82) is 0 Å². The number of halogens is 18. The van der Waals surface area contributed by atoms with Gasteiger partial charge in [0, 0.05) is 11.1 Å². The van der Waals surface area contributed by atoms with Gasteiger partial charge in [-0.15, -0.1) is 0 Å². The summed E-state index contributed by atoms with van der Waals surface area (Å²) in [5.41, 5.74) is -13.6. The van der Waals surface area contributed by atoms with Gasteiger partial charge in [-0.1, -0.05) is 158 Å². The van der Waals surface area contributed by atoms with Crippen LogP contribution in [0.2, 0.25) is 0 Å². The van der Waals surface area contributed by atoms with Gasteiger partial charge in [0.2, 0.25) is 16.2 Å². The van der Waals surface area contributed by atoms with E-state index < -0.39 is 92.5 Å². The van der Waals surface area contributed by atoms with Crippen molar-refractivity contribution in [1.82, 2.24) is 0 Å². The highest BCUT2D eigenvalue weighted by Gasteiger charge is 2.75. The van der Waals surface area contributed by atoms with Gasteiger partial charge in [-0.2, -0.15) is 79.0 Å². The van der Waals surface area contributed by atoms with Crippen LogP contribution in [0.5, 0.6) is 69.0 Å². The zero-order valence-corrected chi connectivity index (χ0v) is 64.4. The molecule has 0 saturated carbocycles. The fraction of sp³-hybridized carbons (Fsp3) is 0.141. The summed E-state index contributed by atoms with van der Waals surface area (Å²) in [6, 6.07) is 68.3. The van der Waals surface area contributed by atoms with Crippen molar-refractivity contribution in [2.24, 2.45) is 0 Å². The minimum Gasteiger partial charge on any atom is -0.457 e. The van der Waals surface area contributed by atoms with E-state index in [1.165, 1.54) is 48.5 Å². The summed E-state index contributed by atoms with van der Waals surface area (Å²) >= 11 is 0. The molecule has 0 amide bonds. The fourth-order valence-electron chi connectivity index (χ4n) is 16.0. The summed E-state index contributed by atoms with van der Waals surface area (Å²) in [4.78, 5) is 14.7. The SMILES string of the molecule is O=C1c2ccc(cc2)Oc2ccc(cc2)C(C(F)(F)F)(C(F)(F)F)c2ccc(cc2)Oc2ccc(cc2)Cc2cc3cc(c2)Cc2ccc(cc2)Oc2ccc(cc2)C(C(F)(F)F)(C(F)(F)F)c2ccc(cc2)Oc2ccc(cc2)Cc2cc(cc1c2)Cc1ccc(cc1)Oc1ccc(cc1)C(C(F)(F)F)(C(F)(F)F)c1ccc(cc1)Oc1ccc(cc1)C3. The molecule has 0 spiro atoms. The molecule has 0 fully saturated rings. The summed E-state index contributed by atoms with van der Waals surface area (Å²) in [6.07, 6.45) is -34.6. The van der Waals surface area contributed by atoms with Crippen LogP contribution in [-0.4, -0.2) is 42.8 Å². The Bertz CT molecular complexity index is 5820. The van der Waals surface area contributed by atoms with Gasteiger partial charge in [0.25, 0.3) is 0 Å². The molecule has 53 rings (SSSR count). The van der Waals surface area contributed by atoms with E-state index in [0.29, 0.717) is 112 Å². The molecule has 0 saturated heterocycles. The Kier molecular flexibility index (Phi) is 22.1. The van der Waals surface area contributed by atoms with Crippen LogP contribution < -0.4 is 28.4 Å². The lowest BCUT2D eigenvalue weighted by molar-refractivity contribution is -0.290. The van der Waals surface area contributed by atoms with E-state index in [2.05, 4.69) is 0 Å². The van der Waals surface area contributed by atoms with Gasteiger partial charge in [0.05, 0.1) is 0 Å². The molecule has 39 aliphatic rings. The highest BCUT2D eigenvalue weighted by Crippen LogP contribution is 2.60. The number of ether oxygens (including phenoxy) is 6. The molecule has 14 aromatic rings. The van der Waals surface area contributed by atoms with Gasteiger partial charge in [0.15, 0.2) is 5.78 Å². The third kappa shape index (κ3) is 16.8. The number of alkyl halides is 18. The van der Waals surface area contributed by atoms with Crippen LogP contribution in [0, 0.1) is 0 Å². The van der Waals surface area contributed by atoms with Crippen LogP contribution in [0.15, 0.2) is 328 Å². The zero-order chi connectivity index (χ0) is 87.4. The third-order valence-electron chi connectivity index (χ3n) is 21.9. The molecule has 14 aromatic carbocycles. The smallest absolute Gasteiger partial charge is 0.411 e. The van der Waals surface area contributed by atoms with Crippen molar-refractivity contribution in [3.8, 4) is 69.0 Å². The first-order valence-corrected chi connectivity index (χ1v) is 38.4. The van der Waals surface area contributed by atoms with Gasteiger partial charge >= 0.3 is 37.1 Å². The molecular weight excluding hydrogens is 1640 g/mol. The van der Waals surface area contributed by atoms with Crippen LogP contribution in [0.4, 0.5) is 79.0 Å². The van der Waals surface area contributed by atoms with Crippen molar-refractivity contribution in [3.63, 3.8) is 0 Å². The van der Waals surface area contributed by atoms with Gasteiger partial charge in [0.1, 0.15) is 69.0 Å². The summed E-state index contributed by atoms with van der Waals surface area (Å²) in [5.74, 6) is -0.506. The van der Waals surface area contributed by atoms with Gasteiger partial charge < -0.3 is 28.4 Å². The maximum atomic E-state index is 15.6. The van der Waals surface area contributed by atoms with E-state index in [0.717, 1.165) is 89.5 Å². The molecule has 0 aliphatic carbocycles. The van der Waals surface area contributed by atoms with Crippen molar-refractivity contribution >= 4 is 5.78 Å². The molecule has 7 nitrogen and oxygen atoms in total. The Morgan fingerprint density at radius 1 is 0.169 bits per heavy atom. The van der Waals surface area contributed by atoms with Gasteiger partial charge in [-0.05, 0) is 291 Å². The quantitative estimate of drug-likeness (QED) is 0.140. The molecule has 0 radical (unpaired) electrons. The Morgan fingerprint density at radius 2 is 0.306 bits per heavy atom. The average molecular weight is 1710 g/mol. The molecule has 0 atom stereocenters. The Labute approximate surface area is 696 Å². The predicted octanol–water partition coefficient (Wildman–Crippen LogP) is 28.5. The fourth-order valence-corrected chi connectivity index (χ4v) is 16.0. The number of benzene rings is 14. The van der Waals surface area contributed by atoms with E-state index >= 15 is 79.0 Å². The van der Waals surface area contributed by atoms with Crippen molar-refractivity contribution in [2.75, 3.05) is 0 Å². The monoisotopic (exact) mass is 1710 g/mol. The van der Waals surface area contributed by atoms with E-state index in [9.17, 15) is 4.79 Å². The number of hydrogen-bond donors (Lipinski definition) is 0. The molecule has 39 heterocycles. The normalized spacial score (nSPS) is 15.0. The molecule has 30 bridgehead atoms. The van der Waals surface area contributed by atoms with Crippen molar-refractivity contribution in [2.45, 2.75) is 85.4 Å². The van der Waals surface area contributed by atoms with Crippen LogP contribution in [0.3, 0.4) is 0 Å². The number of rotatable bonds is 0. The average Bonchev–Trinajstić information content (AvgIpc) is 0.725. The third-order valence-corrected chi connectivity index (χ3v) is 21.9. The molecule has 124 heavy (non-hydrogen) atoms. The first kappa shape index (κ1) is 83.9. The van der Waals surface area contributed by atoms with Crippen LogP contribution in [0.1, 0.15) is 105 Å². The molecule has 25 heteroatoms. The van der Waals surface area contributed by atoms with Crippen LogP contribution in [-0.2, 0) is 48.3 Å². The lowest BCUT2D eigenvalue weighted by Gasteiger charge is -2.38. The second kappa shape index (κ2) is 32.6. The van der Waals surface area contributed by atoms with E-state index in [1.807, 2.05) is 18.2 Å². The first-order valence-electron chi connectivity index (χ1n) is 38.4. The molecule has 0 N–H and O–H groups in total. The number of carbonyl (C=O) groups is 1. The number of hydrogen-bond acceptors (Lipinski definition) is 7. The molecule has 628 valence electrons. The summed E-state index contributed by atoms with van der Waals surface area (Å²) in [5, 5.41) is 0. The lowest BCUT2D eigenvalue weighted by atomic mass is 9.73. The zero-order valence-electron chi connectivity index (χ0n) is 64.4. The predicted molar refractivity (Wildman–Crippen MR) is 427 cm³/mol. The summed E-state index contributed by atoms with van der Waals surface area (Å²) in [6.45, 7) is 0. The molecular formula is C99H64F18O7. The second-order valence-electron chi connectivity index (χ2n) is 30.1. The van der Waals surface area contributed by atoms with E-state index in [4.69, 9.17) is 28.4 Å². The standard InChI is InChI=1S/C99H64F18O7/c100-94(101,102)91(95(103,104)105)72-13-37-84(38-14-72)119-78-25-1-60(2-26-78)49-65-54-66-50-61-3-27-79(28-4-61)120-85-39-15-73(16-40-85)92(96(106,107)108,97(109,110)111)75-21-45-88(46-22-75)123-82-33-9-64(10-34-82)53-69-57-68(52-63-7-31-81(32-8-63)122-87-43-19-74(91)20-44-87)58-71(59-69)90(118)70-11-35-83(36-12-70)124-89-47-23-77(24-48-89)93(98(112,113)114,99(115,116)117)76-17-41-86(42-18-76)121-80-29-5-62(6-30-80)51-67(55-65)56-66/h1-48,54-59H,49-53H2. The first-order chi connectivity index (χ1) is 59.0.